The van der Waals surface area contributed by atoms with Crippen molar-refractivity contribution in [3.8, 4) is 0 Å². The van der Waals surface area contributed by atoms with Crippen molar-refractivity contribution in [1.29, 1.82) is 0 Å². The van der Waals surface area contributed by atoms with Gasteiger partial charge in [-0.05, 0) is 0 Å². The first-order valence-corrected chi connectivity index (χ1v) is 4.22. The Balaban J connectivity index is 2.71. The van der Waals surface area contributed by atoms with Crippen molar-refractivity contribution >= 4 is 11.2 Å². The highest BCUT2D eigenvalue weighted by Crippen LogP contribution is 2.08. The van der Waals surface area contributed by atoms with E-state index in [2.05, 4.69) is 15.0 Å². The Bertz CT molecular complexity index is 594. The van der Waals surface area contributed by atoms with Crippen LogP contribution in [0.2, 0.25) is 0 Å². The van der Waals surface area contributed by atoms with E-state index in [0.29, 0.717) is 0 Å². The van der Waals surface area contributed by atoms with Gasteiger partial charge in [-0.2, -0.15) is 0 Å². The summed E-state index contributed by atoms with van der Waals surface area (Å²) in [4.78, 5) is 33.0. The van der Waals surface area contributed by atoms with Gasteiger partial charge in [0.2, 0.25) is 0 Å². The van der Waals surface area contributed by atoms with Crippen LogP contribution in [0.1, 0.15) is 11.9 Å². The van der Waals surface area contributed by atoms with Crippen LogP contribution in [-0.2, 0) is 0 Å². The summed E-state index contributed by atoms with van der Waals surface area (Å²) in [6.07, 6.45) is -0.986. The summed E-state index contributed by atoms with van der Waals surface area (Å²) in [5.41, 5.74) is 4.21. The zero-order chi connectivity index (χ0) is 11.0. The fraction of sp³-hybridized carbons (Fsp3) is 0.286. The standard InChI is InChI=1S/C7H9N5O3/c8-1-2(13)4-9-3-5(10-4)11-7(15)12-6(3)14/h2,13H,1,8H2,(H3,9,10,11,12,14,15). The molecule has 0 aromatic carbocycles. The van der Waals surface area contributed by atoms with Crippen molar-refractivity contribution in [2.75, 3.05) is 6.54 Å². The number of aromatic amines is 3. The number of rotatable bonds is 2. The molecule has 0 radical (unpaired) electrons. The molecule has 0 saturated heterocycles. The molecule has 1 atom stereocenters. The van der Waals surface area contributed by atoms with Crippen LogP contribution in [0.5, 0.6) is 0 Å². The largest absolute Gasteiger partial charge is 0.384 e. The van der Waals surface area contributed by atoms with Gasteiger partial charge >= 0.3 is 5.69 Å². The molecule has 0 bridgehead atoms. The number of hydrogen-bond donors (Lipinski definition) is 5. The van der Waals surface area contributed by atoms with Gasteiger partial charge in [0.05, 0.1) is 0 Å². The number of H-pyrrole nitrogens is 3. The molecule has 0 aliphatic rings. The van der Waals surface area contributed by atoms with Gasteiger partial charge in [-0.25, -0.2) is 9.78 Å². The van der Waals surface area contributed by atoms with Gasteiger partial charge < -0.3 is 15.8 Å². The number of nitrogens with zero attached hydrogens (tertiary/aromatic N) is 1. The molecule has 6 N–H and O–H groups in total. The molecular weight excluding hydrogens is 202 g/mol. The van der Waals surface area contributed by atoms with Crippen LogP contribution in [0.25, 0.3) is 11.2 Å². The molecule has 1 unspecified atom stereocenters. The van der Waals surface area contributed by atoms with E-state index in [9.17, 15) is 14.7 Å². The number of nitrogens with one attached hydrogen (secondary N) is 3. The molecule has 80 valence electrons. The summed E-state index contributed by atoms with van der Waals surface area (Å²) < 4.78 is 0. The normalized spacial score (nSPS) is 13.2. The highest BCUT2D eigenvalue weighted by molar-refractivity contribution is 5.68. The second-order valence-electron chi connectivity index (χ2n) is 3.01. The van der Waals surface area contributed by atoms with E-state index in [4.69, 9.17) is 5.73 Å². The minimum atomic E-state index is -0.986. The van der Waals surface area contributed by atoms with Crippen molar-refractivity contribution in [3.05, 3.63) is 26.7 Å². The van der Waals surface area contributed by atoms with Crippen molar-refractivity contribution in [1.82, 2.24) is 19.9 Å². The predicted molar refractivity (Wildman–Crippen MR) is 51.3 cm³/mol. The second-order valence-corrected chi connectivity index (χ2v) is 3.01. The molecule has 2 rings (SSSR count). The average Bonchev–Trinajstić information content (AvgIpc) is 2.60. The van der Waals surface area contributed by atoms with Crippen LogP contribution < -0.4 is 17.0 Å². The molecule has 0 aliphatic heterocycles. The summed E-state index contributed by atoms with van der Waals surface area (Å²) >= 11 is 0. The van der Waals surface area contributed by atoms with E-state index in [1.807, 2.05) is 4.98 Å². The number of hydrogen-bond acceptors (Lipinski definition) is 5. The highest BCUT2D eigenvalue weighted by atomic mass is 16.3. The van der Waals surface area contributed by atoms with Crippen LogP contribution in [0, 0.1) is 0 Å². The van der Waals surface area contributed by atoms with E-state index in [0.717, 1.165) is 0 Å². The van der Waals surface area contributed by atoms with E-state index < -0.39 is 17.4 Å². The van der Waals surface area contributed by atoms with Crippen LogP contribution in [0.15, 0.2) is 9.59 Å². The van der Waals surface area contributed by atoms with Gasteiger partial charge in [0.1, 0.15) is 17.4 Å². The Hall–Kier alpha value is -1.93. The number of fused-ring (bicyclic) bond motifs is 1. The fourth-order valence-electron chi connectivity index (χ4n) is 1.22. The molecule has 0 spiro atoms. The third kappa shape index (κ3) is 1.55. The van der Waals surface area contributed by atoms with Gasteiger partial charge in [0.15, 0.2) is 5.65 Å². The minimum absolute atomic E-state index is 0.0258. The lowest BCUT2D eigenvalue weighted by atomic mass is 10.3. The number of aliphatic hydroxyl groups is 1. The first-order chi connectivity index (χ1) is 7.11. The monoisotopic (exact) mass is 211 g/mol. The summed E-state index contributed by atoms with van der Waals surface area (Å²) in [6.45, 7) is -0.0258. The topological polar surface area (TPSA) is 141 Å². The van der Waals surface area contributed by atoms with Gasteiger partial charge in [-0.15, -0.1) is 0 Å². The SMILES string of the molecule is NCC(O)c1nc2[nH]c(=O)[nH]c(=O)c2[nH]1. The van der Waals surface area contributed by atoms with Crippen LogP contribution >= 0.6 is 0 Å². The fourth-order valence-corrected chi connectivity index (χ4v) is 1.22. The van der Waals surface area contributed by atoms with Crippen molar-refractivity contribution in [3.63, 3.8) is 0 Å². The Morgan fingerprint density at radius 1 is 1.33 bits per heavy atom. The molecule has 2 aromatic heterocycles. The molecule has 0 fully saturated rings. The summed E-state index contributed by atoms with van der Waals surface area (Å²) in [7, 11) is 0. The lowest BCUT2D eigenvalue weighted by molar-refractivity contribution is 0.178. The van der Waals surface area contributed by atoms with E-state index in [1.54, 1.807) is 0 Å². The van der Waals surface area contributed by atoms with Crippen molar-refractivity contribution < 1.29 is 5.11 Å². The van der Waals surface area contributed by atoms with Crippen LogP contribution in [0.4, 0.5) is 0 Å². The molecular formula is C7H9N5O3. The minimum Gasteiger partial charge on any atom is -0.384 e. The molecule has 2 heterocycles. The van der Waals surface area contributed by atoms with Gasteiger partial charge in [0, 0.05) is 6.54 Å². The predicted octanol–water partition coefficient (Wildman–Crippen LogP) is -2.07. The zero-order valence-electron chi connectivity index (χ0n) is 7.57. The molecule has 2 aromatic rings. The number of aliphatic hydroxyl groups excluding tert-OH is 1. The van der Waals surface area contributed by atoms with Crippen LogP contribution in [0.3, 0.4) is 0 Å². The summed E-state index contributed by atoms with van der Waals surface area (Å²) in [5, 5.41) is 9.37. The van der Waals surface area contributed by atoms with E-state index in [-0.39, 0.29) is 23.5 Å². The van der Waals surface area contributed by atoms with Crippen LogP contribution in [-0.4, -0.2) is 31.6 Å². The molecule has 8 heteroatoms. The molecule has 8 nitrogen and oxygen atoms in total. The average molecular weight is 211 g/mol. The second kappa shape index (κ2) is 3.33. The molecule has 0 aliphatic carbocycles. The Labute approximate surface area is 82.2 Å². The van der Waals surface area contributed by atoms with E-state index in [1.165, 1.54) is 0 Å². The summed E-state index contributed by atoms with van der Waals surface area (Å²) in [6, 6.07) is 0. The number of imidazole rings is 1. The zero-order valence-corrected chi connectivity index (χ0v) is 7.57. The summed E-state index contributed by atoms with van der Waals surface area (Å²) in [5.74, 6) is 0.153. The van der Waals surface area contributed by atoms with Gasteiger partial charge in [-0.3, -0.25) is 14.8 Å². The van der Waals surface area contributed by atoms with Crippen molar-refractivity contribution in [2.45, 2.75) is 6.10 Å². The quantitative estimate of drug-likeness (QED) is 0.388. The molecule has 0 amide bonds. The maximum Gasteiger partial charge on any atom is 0.327 e. The van der Waals surface area contributed by atoms with Crippen molar-refractivity contribution in [2.24, 2.45) is 5.73 Å². The van der Waals surface area contributed by atoms with Gasteiger partial charge in [0.25, 0.3) is 5.56 Å². The lowest BCUT2D eigenvalue weighted by Crippen LogP contribution is -2.21. The first-order valence-electron chi connectivity index (χ1n) is 4.22. The number of nitrogens with two attached hydrogens (primary N) is 1. The lowest BCUT2D eigenvalue weighted by Gasteiger charge is -2.00. The maximum atomic E-state index is 11.3. The third-order valence-electron chi connectivity index (χ3n) is 1.95. The molecule has 0 saturated carbocycles. The molecule has 15 heavy (non-hydrogen) atoms. The maximum absolute atomic E-state index is 11.3. The smallest absolute Gasteiger partial charge is 0.327 e. The highest BCUT2D eigenvalue weighted by Gasteiger charge is 2.13. The first kappa shape index (κ1) is 9.62. The third-order valence-corrected chi connectivity index (χ3v) is 1.95. The Morgan fingerprint density at radius 3 is 2.73 bits per heavy atom. The Kier molecular flexibility index (Phi) is 2.14. The number of aromatic nitrogens is 4. The van der Waals surface area contributed by atoms with Gasteiger partial charge in [-0.1, -0.05) is 0 Å². The van der Waals surface area contributed by atoms with E-state index >= 15 is 0 Å². The Morgan fingerprint density at radius 2 is 2.07 bits per heavy atom.